The molecule has 0 bridgehead atoms. The third-order valence-corrected chi connectivity index (χ3v) is 6.41. The van der Waals surface area contributed by atoms with Gasteiger partial charge in [-0.25, -0.2) is 4.98 Å². The molecule has 1 saturated heterocycles. The molecule has 0 spiro atoms. The molecule has 5 rings (SSSR count). The van der Waals surface area contributed by atoms with E-state index in [1.165, 1.54) is 0 Å². The monoisotopic (exact) mass is 500 g/mol. The number of carbonyl (C=O) groups is 1. The van der Waals surface area contributed by atoms with Crippen LogP contribution >= 0.6 is 0 Å². The molecular weight excluding hydrogens is 468 g/mol. The standard InChI is InChI=1S/C26H32N10O/c1-2-22-30-25(31-23-18-20(8-9-28-23)24(37)29-21-6-4-3-5-7-21)33-26(32-22)36-16-14-34(15-17-36)12-13-35-11-10-27-19-35/h3-7,9-11,18-19,23H,2,8,12-17H2,1H3,(H,29,37)(H,30,31,32,33). The van der Waals surface area contributed by atoms with Gasteiger partial charge in [0.25, 0.3) is 5.91 Å². The molecule has 1 atom stereocenters. The van der Waals surface area contributed by atoms with E-state index < -0.39 is 6.17 Å². The fourth-order valence-electron chi connectivity index (χ4n) is 4.30. The van der Waals surface area contributed by atoms with Crippen molar-refractivity contribution in [1.29, 1.82) is 0 Å². The molecule has 1 unspecified atom stereocenters. The van der Waals surface area contributed by atoms with Crippen molar-refractivity contribution in [3.8, 4) is 0 Å². The Hall–Kier alpha value is -4.12. The predicted octanol–water partition coefficient (Wildman–Crippen LogP) is 2.23. The van der Waals surface area contributed by atoms with Gasteiger partial charge in [0, 0.05) is 82.0 Å². The summed E-state index contributed by atoms with van der Waals surface area (Å²) in [7, 11) is 0. The summed E-state index contributed by atoms with van der Waals surface area (Å²) >= 11 is 0. The number of aliphatic imine (C=N–C) groups is 1. The van der Waals surface area contributed by atoms with E-state index in [2.05, 4.69) is 44.9 Å². The number of aryl methyl sites for hydroxylation is 1. The van der Waals surface area contributed by atoms with E-state index >= 15 is 0 Å². The number of hydrogen-bond acceptors (Lipinski definition) is 9. The van der Waals surface area contributed by atoms with Crippen LogP contribution in [0.3, 0.4) is 0 Å². The summed E-state index contributed by atoms with van der Waals surface area (Å²) in [4.78, 5) is 40.0. The first-order valence-electron chi connectivity index (χ1n) is 12.7. The van der Waals surface area contributed by atoms with Gasteiger partial charge >= 0.3 is 0 Å². The van der Waals surface area contributed by atoms with Crippen molar-refractivity contribution >= 4 is 29.7 Å². The Labute approximate surface area is 216 Å². The predicted molar refractivity (Wildman–Crippen MR) is 144 cm³/mol. The van der Waals surface area contributed by atoms with Gasteiger partial charge in [0.05, 0.1) is 6.33 Å². The third kappa shape index (κ3) is 6.56. The number of rotatable bonds is 9. The number of carbonyl (C=O) groups excluding carboxylic acids is 1. The Balaban J connectivity index is 1.21. The average Bonchev–Trinajstić information content (AvgIpc) is 3.46. The molecule has 2 aliphatic rings. The van der Waals surface area contributed by atoms with Gasteiger partial charge in [-0.3, -0.25) is 14.7 Å². The van der Waals surface area contributed by atoms with Crippen LogP contribution in [0.1, 0.15) is 19.2 Å². The Morgan fingerprint density at radius 2 is 1.89 bits per heavy atom. The van der Waals surface area contributed by atoms with Crippen LogP contribution in [0.5, 0.6) is 0 Å². The fraction of sp³-hybridized carbons (Fsp3) is 0.385. The van der Waals surface area contributed by atoms with Crippen LogP contribution in [0.4, 0.5) is 17.6 Å². The summed E-state index contributed by atoms with van der Waals surface area (Å²) in [6.45, 7) is 7.53. The molecule has 11 heteroatoms. The number of nitrogens with one attached hydrogen (secondary N) is 2. The van der Waals surface area contributed by atoms with Gasteiger partial charge in [-0.2, -0.15) is 15.0 Å². The number of benzene rings is 1. The van der Waals surface area contributed by atoms with E-state index in [9.17, 15) is 4.79 Å². The van der Waals surface area contributed by atoms with Crippen molar-refractivity contribution in [1.82, 2.24) is 29.4 Å². The largest absolute Gasteiger partial charge is 0.338 e. The summed E-state index contributed by atoms with van der Waals surface area (Å²) in [5.74, 6) is 1.73. The Morgan fingerprint density at radius 3 is 2.65 bits per heavy atom. The second kappa shape index (κ2) is 11.7. The first kappa shape index (κ1) is 24.6. The van der Waals surface area contributed by atoms with Crippen molar-refractivity contribution in [2.75, 3.05) is 48.3 Å². The van der Waals surface area contributed by atoms with Gasteiger partial charge in [-0.05, 0) is 18.2 Å². The second-order valence-electron chi connectivity index (χ2n) is 8.99. The highest BCUT2D eigenvalue weighted by Crippen LogP contribution is 2.18. The molecular formula is C26H32N10O. The van der Waals surface area contributed by atoms with Crippen LogP contribution in [0.25, 0.3) is 0 Å². The van der Waals surface area contributed by atoms with E-state index in [1.54, 1.807) is 6.21 Å². The number of amides is 1. The zero-order valence-corrected chi connectivity index (χ0v) is 21.0. The number of imidazole rings is 1. The lowest BCUT2D eigenvalue weighted by molar-refractivity contribution is -0.112. The molecule has 2 N–H and O–H groups in total. The molecule has 0 saturated carbocycles. The Morgan fingerprint density at radius 1 is 1.05 bits per heavy atom. The number of dihydropyridines is 1. The van der Waals surface area contributed by atoms with E-state index in [0.29, 0.717) is 30.3 Å². The molecule has 1 fully saturated rings. The third-order valence-electron chi connectivity index (χ3n) is 6.41. The molecule has 11 nitrogen and oxygen atoms in total. The minimum Gasteiger partial charge on any atom is -0.338 e. The number of nitrogens with zero attached hydrogens (tertiary/aromatic N) is 8. The lowest BCUT2D eigenvalue weighted by Crippen LogP contribution is -2.48. The van der Waals surface area contributed by atoms with Crippen molar-refractivity contribution in [2.24, 2.45) is 4.99 Å². The zero-order chi connectivity index (χ0) is 25.5. The Bertz CT molecular complexity index is 1230. The molecule has 1 amide bonds. The van der Waals surface area contributed by atoms with Crippen molar-refractivity contribution in [3.63, 3.8) is 0 Å². The topological polar surface area (TPSA) is 116 Å². The number of piperazine rings is 1. The van der Waals surface area contributed by atoms with E-state index in [4.69, 9.17) is 4.98 Å². The van der Waals surface area contributed by atoms with Crippen LogP contribution in [0.2, 0.25) is 0 Å². The normalized spacial score (nSPS) is 17.9. The number of hydrogen-bond donors (Lipinski definition) is 2. The van der Waals surface area contributed by atoms with Crippen LogP contribution in [-0.4, -0.2) is 80.4 Å². The SMILES string of the molecule is CCc1nc(NC2C=C(C(=O)Nc3ccccc3)CC=N2)nc(N2CCN(CCn3ccnc3)CC2)n1. The maximum Gasteiger partial charge on any atom is 0.251 e. The summed E-state index contributed by atoms with van der Waals surface area (Å²) < 4.78 is 2.10. The van der Waals surface area contributed by atoms with Crippen LogP contribution in [0, 0.1) is 0 Å². The van der Waals surface area contributed by atoms with Gasteiger partial charge in [0.1, 0.15) is 12.0 Å². The van der Waals surface area contributed by atoms with Gasteiger partial charge < -0.3 is 20.1 Å². The van der Waals surface area contributed by atoms with Crippen molar-refractivity contribution in [3.05, 3.63) is 66.5 Å². The van der Waals surface area contributed by atoms with Gasteiger partial charge in [0.2, 0.25) is 11.9 Å². The highest BCUT2D eigenvalue weighted by Gasteiger charge is 2.22. The zero-order valence-electron chi connectivity index (χ0n) is 21.0. The van der Waals surface area contributed by atoms with E-state index in [0.717, 1.165) is 50.8 Å². The highest BCUT2D eigenvalue weighted by atomic mass is 16.1. The minimum absolute atomic E-state index is 0.138. The van der Waals surface area contributed by atoms with Crippen LogP contribution in [-0.2, 0) is 17.8 Å². The maximum atomic E-state index is 12.7. The number of para-hydroxylation sites is 1. The molecule has 0 aliphatic carbocycles. The van der Waals surface area contributed by atoms with Crippen molar-refractivity contribution in [2.45, 2.75) is 32.5 Å². The first-order valence-corrected chi connectivity index (χ1v) is 12.7. The molecule has 37 heavy (non-hydrogen) atoms. The Kier molecular flexibility index (Phi) is 7.80. The molecule has 3 aromatic rings. The molecule has 1 aromatic carbocycles. The summed E-state index contributed by atoms with van der Waals surface area (Å²) in [5.41, 5.74) is 1.41. The lowest BCUT2D eigenvalue weighted by Gasteiger charge is -2.34. The van der Waals surface area contributed by atoms with E-state index in [1.807, 2.05) is 62.1 Å². The van der Waals surface area contributed by atoms with Gasteiger partial charge in [0.15, 0.2) is 0 Å². The van der Waals surface area contributed by atoms with Gasteiger partial charge in [-0.1, -0.05) is 25.1 Å². The quantitative estimate of drug-likeness (QED) is 0.460. The first-order chi connectivity index (χ1) is 18.2. The van der Waals surface area contributed by atoms with Crippen LogP contribution < -0.4 is 15.5 Å². The summed E-state index contributed by atoms with van der Waals surface area (Å²) in [5, 5.41) is 6.20. The smallest absolute Gasteiger partial charge is 0.251 e. The average molecular weight is 501 g/mol. The lowest BCUT2D eigenvalue weighted by atomic mass is 10.1. The van der Waals surface area contributed by atoms with Crippen LogP contribution in [0.15, 0.2) is 65.7 Å². The molecule has 4 heterocycles. The molecule has 0 radical (unpaired) electrons. The van der Waals surface area contributed by atoms with E-state index in [-0.39, 0.29) is 5.91 Å². The summed E-state index contributed by atoms with van der Waals surface area (Å²) in [6.07, 6.45) is 9.98. The molecule has 2 aliphatic heterocycles. The fourth-order valence-corrected chi connectivity index (χ4v) is 4.30. The number of anilines is 3. The summed E-state index contributed by atoms with van der Waals surface area (Å²) in [6, 6.07) is 9.43. The minimum atomic E-state index is -0.426. The second-order valence-corrected chi connectivity index (χ2v) is 8.99. The number of aromatic nitrogens is 5. The van der Waals surface area contributed by atoms with Gasteiger partial charge in [-0.15, -0.1) is 0 Å². The maximum absolute atomic E-state index is 12.7. The molecule has 2 aromatic heterocycles. The molecule has 192 valence electrons. The van der Waals surface area contributed by atoms with Crippen molar-refractivity contribution < 1.29 is 4.79 Å². The highest BCUT2D eigenvalue weighted by molar-refractivity contribution is 6.06.